The van der Waals surface area contributed by atoms with Gasteiger partial charge in [-0.1, -0.05) is 0 Å². The number of hydrogen-bond donors (Lipinski definition) is 1. The first-order valence-electron chi connectivity index (χ1n) is 8.57. The molecule has 8 heteroatoms. The fourth-order valence-electron chi connectivity index (χ4n) is 3.11. The Hall–Kier alpha value is -3.68. The first-order chi connectivity index (χ1) is 13.1. The Morgan fingerprint density at radius 3 is 2.59 bits per heavy atom. The fourth-order valence-corrected chi connectivity index (χ4v) is 3.11. The van der Waals surface area contributed by atoms with Gasteiger partial charge in [-0.2, -0.15) is 0 Å². The highest BCUT2D eigenvalue weighted by Gasteiger charge is 2.14. The molecule has 4 aromatic heterocycles. The largest absolute Gasteiger partial charge is 0.337 e. The lowest BCUT2D eigenvalue weighted by Crippen LogP contribution is -1.97. The highest BCUT2D eigenvalue weighted by atomic mass is 15.3. The summed E-state index contributed by atoms with van der Waals surface area (Å²) in [7, 11) is 0. The van der Waals surface area contributed by atoms with Crippen LogP contribution in [0.3, 0.4) is 0 Å². The van der Waals surface area contributed by atoms with Gasteiger partial charge < -0.3 is 4.98 Å². The van der Waals surface area contributed by atoms with Crippen LogP contribution in [0, 0.1) is 20.8 Å². The number of aromatic nitrogens is 8. The molecule has 27 heavy (non-hydrogen) atoms. The monoisotopic (exact) mass is 356 g/mol. The van der Waals surface area contributed by atoms with Crippen molar-refractivity contribution in [1.29, 1.82) is 0 Å². The quantitative estimate of drug-likeness (QED) is 0.522. The summed E-state index contributed by atoms with van der Waals surface area (Å²) in [4.78, 5) is 25.7. The van der Waals surface area contributed by atoms with Gasteiger partial charge in [0.05, 0.1) is 28.1 Å². The molecule has 4 heterocycles. The van der Waals surface area contributed by atoms with Crippen LogP contribution in [0.5, 0.6) is 0 Å². The fraction of sp³-hybridized carbons (Fsp3) is 0.158. The maximum atomic E-state index is 4.69. The lowest BCUT2D eigenvalue weighted by molar-refractivity contribution is 0.891. The van der Waals surface area contributed by atoms with Crippen molar-refractivity contribution in [3.63, 3.8) is 0 Å². The van der Waals surface area contributed by atoms with Crippen LogP contribution in [0.2, 0.25) is 0 Å². The van der Waals surface area contributed by atoms with Crippen molar-refractivity contribution in [2.45, 2.75) is 20.8 Å². The van der Waals surface area contributed by atoms with Gasteiger partial charge in [0.25, 0.3) is 0 Å². The van der Waals surface area contributed by atoms with Gasteiger partial charge in [0.2, 0.25) is 0 Å². The Kier molecular flexibility index (Phi) is 3.27. The summed E-state index contributed by atoms with van der Waals surface area (Å²) < 4.78 is 1.82. The van der Waals surface area contributed by atoms with Gasteiger partial charge in [0, 0.05) is 24.2 Å². The third-order valence-electron chi connectivity index (χ3n) is 4.56. The number of fused-ring (bicyclic) bond motifs is 2. The molecule has 0 aliphatic carbocycles. The molecule has 0 saturated heterocycles. The first-order valence-corrected chi connectivity index (χ1v) is 8.57. The second kappa shape index (κ2) is 5.66. The Bertz CT molecular complexity index is 1280. The predicted molar refractivity (Wildman–Crippen MR) is 101 cm³/mol. The Balaban J connectivity index is 1.64. The number of nitrogens with one attached hydrogen (secondary N) is 1. The number of nitrogens with zero attached hydrogens (tertiary/aromatic N) is 7. The number of rotatable bonds is 2. The van der Waals surface area contributed by atoms with Crippen LogP contribution < -0.4 is 0 Å². The number of aromatic amines is 1. The SMILES string of the molecule is Cc1nccnc1-c1nc2cc(-c3nc4c(C)ncc(C)n4n3)ccc2[nH]1. The number of hydrogen-bond acceptors (Lipinski definition) is 6. The molecule has 0 atom stereocenters. The van der Waals surface area contributed by atoms with Crippen LogP contribution in [0.15, 0.2) is 36.8 Å². The van der Waals surface area contributed by atoms with Crippen molar-refractivity contribution >= 4 is 16.7 Å². The smallest absolute Gasteiger partial charge is 0.182 e. The number of H-pyrrole nitrogens is 1. The van der Waals surface area contributed by atoms with Crippen LogP contribution in [0.25, 0.3) is 39.6 Å². The van der Waals surface area contributed by atoms with Crippen molar-refractivity contribution in [1.82, 2.24) is 39.5 Å². The van der Waals surface area contributed by atoms with Gasteiger partial charge >= 0.3 is 0 Å². The van der Waals surface area contributed by atoms with Crippen molar-refractivity contribution in [2.24, 2.45) is 0 Å². The minimum absolute atomic E-state index is 0.649. The van der Waals surface area contributed by atoms with Crippen LogP contribution >= 0.6 is 0 Å². The maximum Gasteiger partial charge on any atom is 0.182 e. The molecule has 1 N–H and O–H groups in total. The van der Waals surface area contributed by atoms with E-state index in [1.165, 1.54) is 0 Å². The molecule has 0 aliphatic heterocycles. The average molecular weight is 356 g/mol. The van der Waals surface area contributed by atoms with E-state index in [0.29, 0.717) is 11.6 Å². The molecule has 0 saturated carbocycles. The van der Waals surface area contributed by atoms with E-state index in [0.717, 1.165) is 45.0 Å². The van der Waals surface area contributed by atoms with E-state index in [2.05, 4.69) is 35.0 Å². The topological polar surface area (TPSA) is 97.5 Å². The molecule has 5 rings (SSSR count). The molecule has 5 aromatic rings. The van der Waals surface area contributed by atoms with E-state index in [-0.39, 0.29) is 0 Å². The van der Waals surface area contributed by atoms with E-state index in [1.54, 1.807) is 18.6 Å². The molecule has 0 spiro atoms. The summed E-state index contributed by atoms with van der Waals surface area (Å²) in [6.07, 6.45) is 5.14. The van der Waals surface area contributed by atoms with E-state index < -0.39 is 0 Å². The maximum absolute atomic E-state index is 4.69. The minimum Gasteiger partial charge on any atom is -0.337 e. The van der Waals surface area contributed by atoms with Crippen molar-refractivity contribution in [2.75, 3.05) is 0 Å². The molecular weight excluding hydrogens is 340 g/mol. The van der Waals surface area contributed by atoms with Crippen LogP contribution in [0.1, 0.15) is 17.1 Å². The average Bonchev–Trinajstić information content (AvgIpc) is 3.29. The summed E-state index contributed by atoms with van der Waals surface area (Å²) in [5.74, 6) is 1.35. The van der Waals surface area contributed by atoms with E-state index in [9.17, 15) is 0 Å². The molecular formula is C19H16N8. The minimum atomic E-state index is 0.649. The van der Waals surface area contributed by atoms with Crippen LogP contribution in [0.4, 0.5) is 0 Å². The summed E-state index contributed by atoms with van der Waals surface area (Å²) in [5, 5.41) is 4.63. The van der Waals surface area contributed by atoms with E-state index in [4.69, 9.17) is 0 Å². The molecule has 132 valence electrons. The number of aryl methyl sites for hydroxylation is 3. The highest BCUT2D eigenvalue weighted by molar-refractivity contribution is 5.83. The molecule has 0 aliphatic rings. The summed E-state index contributed by atoms with van der Waals surface area (Å²) in [5.41, 5.74) is 6.79. The Labute approximate surface area is 154 Å². The van der Waals surface area contributed by atoms with Gasteiger partial charge in [0.15, 0.2) is 17.3 Å². The second-order valence-electron chi connectivity index (χ2n) is 6.46. The summed E-state index contributed by atoms with van der Waals surface area (Å²) >= 11 is 0. The third kappa shape index (κ3) is 2.45. The highest BCUT2D eigenvalue weighted by Crippen LogP contribution is 2.25. The van der Waals surface area contributed by atoms with Gasteiger partial charge in [0.1, 0.15) is 5.69 Å². The number of benzene rings is 1. The molecule has 0 unspecified atom stereocenters. The zero-order valence-electron chi connectivity index (χ0n) is 15.1. The molecule has 8 nitrogen and oxygen atoms in total. The van der Waals surface area contributed by atoms with Crippen LogP contribution in [-0.4, -0.2) is 39.5 Å². The molecule has 0 radical (unpaired) electrons. The molecule has 1 aromatic carbocycles. The van der Waals surface area contributed by atoms with Gasteiger partial charge in [-0.05, 0) is 39.0 Å². The lowest BCUT2D eigenvalue weighted by atomic mass is 10.2. The van der Waals surface area contributed by atoms with E-state index >= 15 is 0 Å². The van der Waals surface area contributed by atoms with E-state index in [1.807, 2.05) is 43.5 Å². The third-order valence-corrected chi connectivity index (χ3v) is 4.56. The standard InChI is InChI=1S/C19H16N8/c1-10-9-22-12(3)19-25-17(26-27(10)19)13-4-5-14-15(8-13)24-18(23-14)16-11(2)20-6-7-21-16/h4-9H,1-3H3,(H,23,24). The summed E-state index contributed by atoms with van der Waals surface area (Å²) in [6, 6.07) is 5.95. The Morgan fingerprint density at radius 2 is 1.78 bits per heavy atom. The summed E-state index contributed by atoms with van der Waals surface area (Å²) in [6.45, 7) is 5.81. The van der Waals surface area contributed by atoms with Gasteiger partial charge in [-0.25, -0.2) is 19.5 Å². The predicted octanol–water partition coefficient (Wildman–Crippen LogP) is 3.05. The van der Waals surface area contributed by atoms with Crippen molar-refractivity contribution < 1.29 is 0 Å². The zero-order chi connectivity index (χ0) is 18.5. The molecule has 0 amide bonds. The Morgan fingerprint density at radius 1 is 0.926 bits per heavy atom. The normalized spacial score (nSPS) is 11.5. The van der Waals surface area contributed by atoms with Crippen LogP contribution in [-0.2, 0) is 0 Å². The molecule has 0 bridgehead atoms. The van der Waals surface area contributed by atoms with Gasteiger partial charge in [-0.15, -0.1) is 5.10 Å². The number of imidazole rings is 1. The van der Waals surface area contributed by atoms with Crippen molar-refractivity contribution in [3.05, 3.63) is 53.9 Å². The zero-order valence-corrected chi connectivity index (χ0v) is 15.1. The lowest BCUT2D eigenvalue weighted by Gasteiger charge is -1.97. The van der Waals surface area contributed by atoms with Gasteiger partial charge in [-0.3, -0.25) is 9.97 Å². The van der Waals surface area contributed by atoms with Crippen molar-refractivity contribution in [3.8, 4) is 22.9 Å². The first kappa shape index (κ1) is 15.6. The molecule has 0 fully saturated rings. The second-order valence-corrected chi connectivity index (χ2v) is 6.46.